The zero-order valence-corrected chi connectivity index (χ0v) is 18.2. The van der Waals surface area contributed by atoms with Crippen molar-refractivity contribution in [3.8, 4) is 0 Å². The van der Waals surface area contributed by atoms with Crippen LogP contribution in [-0.4, -0.2) is 28.0 Å². The van der Waals surface area contributed by atoms with Gasteiger partial charge in [-0.15, -0.1) is 0 Å². The molecule has 1 aromatic carbocycles. The number of carbonyl (C=O) groups excluding carboxylic acids is 2. The molecule has 2 amide bonds. The van der Waals surface area contributed by atoms with Crippen LogP contribution in [0, 0.1) is 6.92 Å². The Morgan fingerprint density at radius 1 is 1.13 bits per heavy atom. The molecule has 1 atom stereocenters. The van der Waals surface area contributed by atoms with Crippen LogP contribution in [0.1, 0.15) is 61.5 Å². The third-order valence-electron chi connectivity index (χ3n) is 6.94. The fourth-order valence-electron chi connectivity index (χ4n) is 5.17. The predicted molar refractivity (Wildman–Crippen MR) is 120 cm³/mol. The Balaban J connectivity index is 1.59. The highest BCUT2D eigenvalue weighted by molar-refractivity contribution is 6.14. The molecule has 162 valence electrons. The van der Waals surface area contributed by atoms with Gasteiger partial charge in [-0.2, -0.15) is 0 Å². The zero-order chi connectivity index (χ0) is 21.6. The summed E-state index contributed by atoms with van der Waals surface area (Å²) in [5.41, 5.74) is 2.76. The summed E-state index contributed by atoms with van der Waals surface area (Å²) in [6, 6.07) is 11.6. The largest absolute Gasteiger partial charge is 0.463 e. The number of amides is 2. The van der Waals surface area contributed by atoms with E-state index in [9.17, 15) is 9.59 Å². The van der Waals surface area contributed by atoms with Gasteiger partial charge >= 0.3 is 0 Å². The number of para-hydroxylation sites is 1. The van der Waals surface area contributed by atoms with E-state index in [1.165, 1.54) is 12.8 Å². The molecule has 0 spiro atoms. The summed E-state index contributed by atoms with van der Waals surface area (Å²) in [5.74, 6) is -0.266. The van der Waals surface area contributed by atoms with Crippen molar-refractivity contribution in [3.05, 3.63) is 53.9 Å². The fourth-order valence-corrected chi connectivity index (χ4v) is 5.17. The maximum atomic E-state index is 13.8. The number of aryl methyl sites for hydroxylation is 1. The van der Waals surface area contributed by atoms with Crippen LogP contribution in [0.3, 0.4) is 0 Å². The maximum absolute atomic E-state index is 13.8. The van der Waals surface area contributed by atoms with Crippen molar-refractivity contribution < 1.29 is 14.0 Å². The Labute approximate surface area is 182 Å². The van der Waals surface area contributed by atoms with Crippen molar-refractivity contribution in [2.45, 2.75) is 70.5 Å². The summed E-state index contributed by atoms with van der Waals surface area (Å²) < 4.78 is 7.49. The SMILES string of the molecule is Cc1ccccc1N1C(=O)c2cc3occc3n2C[C@@]1(C)C(=O)NC1CCCCCC1. The monoisotopic (exact) mass is 419 g/mol. The average molecular weight is 420 g/mol. The van der Waals surface area contributed by atoms with Gasteiger partial charge in [0.2, 0.25) is 5.91 Å². The third kappa shape index (κ3) is 3.25. The van der Waals surface area contributed by atoms with Crippen LogP contribution in [-0.2, 0) is 11.3 Å². The van der Waals surface area contributed by atoms with E-state index in [2.05, 4.69) is 5.32 Å². The first-order chi connectivity index (χ1) is 15.0. The Kier molecular flexibility index (Phi) is 4.88. The second-order valence-corrected chi connectivity index (χ2v) is 9.15. The topological polar surface area (TPSA) is 67.5 Å². The molecule has 0 bridgehead atoms. The number of aromatic nitrogens is 1. The van der Waals surface area contributed by atoms with E-state index < -0.39 is 5.54 Å². The normalized spacial score (nSPS) is 22.4. The lowest BCUT2D eigenvalue weighted by molar-refractivity contribution is -0.127. The second kappa shape index (κ2) is 7.59. The lowest BCUT2D eigenvalue weighted by Gasteiger charge is -2.45. The molecule has 1 aliphatic carbocycles. The van der Waals surface area contributed by atoms with Crippen molar-refractivity contribution in [1.82, 2.24) is 9.88 Å². The molecule has 0 saturated heterocycles. The molecule has 1 N–H and O–H groups in total. The summed E-state index contributed by atoms with van der Waals surface area (Å²) >= 11 is 0. The molecule has 3 heterocycles. The molecule has 31 heavy (non-hydrogen) atoms. The molecule has 0 radical (unpaired) electrons. The molecule has 2 aliphatic rings. The minimum Gasteiger partial charge on any atom is -0.463 e. The molecule has 6 nitrogen and oxygen atoms in total. The van der Waals surface area contributed by atoms with E-state index in [1.807, 2.05) is 48.7 Å². The van der Waals surface area contributed by atoms with Gasteiger partial charge in [0.15, 0.2) is 5.58 Å². The molecular formula is C25H29N3O3. The number of benzene rings is 1. The molecule has 1 saturated carbocycles. The van der Waals surface area contributed by atoms with Crippen LogP contribution >= 0.6 is 0 Å². The summed E-state index contributed by atoms with van der Waals surface area (Å²) in [7, 11) is 0. The molecule has 1 fully saturated rings. The van der Waals surface area contributed by atoms with Crippen LogP contribution in [0.15, 0.2) is 47.1 Å². The van der Waals surface area contributed by atoms with E-state index in [4.69, 9.17) is 4.42 Å². The van der Waals surface area contributed by atoms with E-state index >= 15 is 0 Å². The number of anilines is 1. The van der Waals surface area contributed by atoms with Crippen molar-refractivity contribution in [3.63, 3.8) is 0 Å². The number of nitrogens with one attached hydrogen (secondary N) is 1. The van der Waals surface area contributed by atoms with Gasteiger partial charge < -0.3 is 14.3 Å². The number of carbonyl (C=O) groups is 2. The minimum absolute atomic E-state index is 0.0907. The van der Waals surface area contributed by atoms with Crippen LogP contribution in [0.2, 0.25) is 0 Å². The highest BCUT2D eigenvalue weighted by Crippen LogP contribution is 2.37. The van der Waals surface area contributed by atoms with E-state index in [0.29, 0.717) is 17.8 Å². The first-order valence-electron chi connectivity index (χ1n) is 11.3. The van der Waals surface area contributed by atoms with Gasteiger partial charge in [0.05, 0.1) is 18.3 Å². The van der Waals surface area contributed by atoms with Gasteiger partial charge in [-0.3, -0.25) is 14.5 Å². The summed E-state index contributed by atoms with van der Waals surface area (Å²) in [6.45, 7) is 4.24. The van der Waals surface area contributed by atoms with Crippen LogP contribution in [0.5, 0.6) is 0 Å². The Morgan fingerprint density at radius 3 is 2.61 bits per heavy atom. The number of furan rings is 1. The summed E-state index contributed by atoms with van der Waals surface area (Å²) in [5, 5.41) is 3.30. The lowest BCUT2D eigenvalue weighted by Crippen LogP contribution is -2.65. The maximum Gasteiger partial charge on any atom is 0.276 e. The lowest BCUT2D eigenvalue weighted by atomic mass is 9.92. The second-order valence-electron chi connectivity index (χ2n) is 9.15. The van der Waals surface area contributed by atoms with Gasteiger partial charge in [0.1, 0.15) is 11.2 Å². The molecule has 6 heteroatoms. The summed E-state index contributed by atoms with van der Waals surface area (Å²) in [4.78, 5) is 29.3. The van der Waals surface area contributed by atoms with Crippen molar-refractivity contribution in [2.75, 3.05) is 4.90 Å². The van der Waals surface area contributed by atoms with E-state index in [0.717, 1.165) is 42.5 Å². The van der Waals surface area contributed by atoms with Crippen LogP contribution < -0.4 is 10.2 Å². The number of nitrogens with zero attached hydrogens (tertiary/aromatic N) is 2. The average Bonchev–Trinajstić information content (AvgIpc) is 3.24. The van der Waals surface area contributed by atoms with Gasteiger partial charge in [-0.05, 0) is 38.3 Å². The Hall–Kier alpha value is -3.02. The third-order valence-corrected chi connectivity index (χ3v) is 6.94. The number of hydrogen-bond acceptors (Lipinski definition) is 3. The highest BCUT2D eigenvalue weighted by Gasteiger charge is 2.49. The minimum atomic E-state index is -1.05. The van der Waals surface area contributed by atoms with E-state index in [1.54, 1.807) is 17.2 Å². The molecule has 0 unspecified atom stereocenters. The van der Waals surface area contributed by atoms with E-state index in [-0.39, 0.29) is 17.9 Å². The Morgan fingerprint density at radius 2 is 1.87 bits per heavy atom. The van der Waals surface area contributed by atoms with Crippen molar-refractivity contribution >= 4 is 28.6 Å². The predicted octanol–water partition coefficient (Wildman–Crippen LogP) is 4.80. The molecule has 5 rings (SSSR count). The van der Waals surface area contributed by atoms with Gasteiger partial charge in [0.25, 0.3) is 5.91 Å². The first kappa shape index (κ1) is 19.9. The standard InChI is InChI=1S/C25H29N3O3/c1-17-9-7-8-12-19(17)28-23(29)21-15-22-20(13-14-31-22)27(21)16-25(28,2)24(30)26-18-10-5-3-4-6-11-18/h7-9,12-15,18H,3-6,10-11,16H2,1-2H3,(H,26,30)/t25-/m0/s1. The number of fused-ring (bicyclic) bond motifs is 3. The van der Waals surface area contributed by atoms with Crippen molar-refractivity contribution in [1.29, 1.82) is 0 Å². The van der Waals surface area contributed by atoms with Crippen molar-refractivity contribution in [2.24, 2.45) is 0 Å². The molecular weight excluding hydrogens is 390 g/mol. The molecule has 3 aromatic rings. The number of rotatable bonds is 3. The summed E-state index contributed by atoms with van der Waals surface area (Å²) in [6.07, 6.45) is 8.35. The number of hydrogen-bond donors (Lipinski definition) is 1. The van der Waals surface area contributed by atoms with Crippen LogP contribution in [0.4, 0.5) is 5.69 Å². The Bertz CT molecular complexity index is 1140. The molecule has 2 aromatic heterocycles. The van der Waals surface area contributed by atoms with Gasteiger partial charge in [-0.25, -0.2) is 0 Å². The molecule has 1 aliphatic heterocycles. The van der Waals surface area contributed by atoms with Crippen LogP contribution in [0.25, 0.3) is 11.1 Å². The van der Waals surface area contributed by atoms with Gasteiger partial charge in [-0.1, -0.05) is 43.9 Å². The van der Waals surface area contributed by atoms with Gasteiger partial charge in [0, 0.05) is 23.9 Å². The fraction of sp³-hybridized carbons (Fsp3) is 0.440. The smallest absolute Gasteiger partial charge is 0.276 e. The quantitative estimate of drug-likeness (QED) is 0.620. The highest BCUT2D eigenvalue weighted by atomic mass is 16.3. The first-order valence-corrected chi connectivity index (χ1v) is 11.3. The zero-order valence-electron chi connectivity index (χ0n) is 18.2.